The van der Waals surface area contributed by atoms with Crippen LogP contribution in [0.5, 0.6) is 5.75 Å². The molecule has 1 N–H and O–H groups in total. The number of ether oxygens (including phenoxy) is 1. The van der Waals surface area contributed by atoms with E-state index < -0.39 is 0 Å². The summed E-state index contributed by atoms with van der Waals surface area (Å²) in [5.74, 6) is 3.01. The van der Waals surface area contributed by atoms with Gasteiger partial charge in [0, 0.05) is 37.9 Å². The number of nitrogens with zero attached hydrogens (tertiary/aromatic N) is 5. The number of anilines is 2. The number of urea groups is 1. The van der Waals surface area contributed by atoms with E-state index in [9.17, 15) is 4.79 Å². The molecule has 1 unspecified atom stereocenters. The van der Waals surface area contributed by atoms with Gasteiger partial charge in [-0.3, -0.25) is 10.00 Å². The standard InChI is InChI=1S/C20H28N6O2/c1-14-12-18(23-26(14)15(2)16-4-5-16)22-20(27)25-10-8-24(9-11-25)19-7-6-17(28-3)13-21-19/h6-7,12-13,15-16H,4-5,8-11H2,1-3H3,(H,22,23,27). The number of pyridine rings is 1. The van der Waals surface area contributed by atoms with E-state index in [1.54, 1.807) is 13.3 Å². The molecule has 2 aliphatic rings. The van der Waals surface area contributed by atoms with Crippen LogP contribution in [0.2, 0.25) is 0 Å². The molecule has 2 aromatic heterocycles. The molecule has 150 valence electrons. The lowest BCUT2D eigenvalue weighted by molar-refractivity contribution is 0.208. The van der Waals surface area contributed by atoms with Gasteiger partial charge < -0.3 is 14.5 Å². The molecule has 1 aliphatic heterocycles. The highest BCUT2D eigenvalue weighted by molar-refractivity contribution is 5.88. The van der Waals surface area contributed by atoms with Gasteiger partial charge in [0.1, 0.15) is 11.6 Å². The molecule has 1 aliphatic carbocycles. The summed E-state index contributed by atoms with van der Waals surface area (Å²) < 4.78 is 7.20. The predicted octanol–water partition coefficient (Wildman–Crippen LogP) is 2.92. The summed E-state index contributed by atoms with van der Waals surface area (Å²) in [6.45, 7) is 7.05. The number of carbonyl (C=O) groups is 1. The number of carbonyl (C=O) groups excluding carboxylic acids is 1. The number of aromatic nitrogens is 3. The van der Waals surface area contributed by atoms with E-state index in [1.165, 1.54) is 12.8 Å². The second kappa shape index (κ2) is 7.69. The number of hydrogen-bond donors (Lipinski definition) is 1. The predicted molar refractivity (Wildman–Crippen MR) is 108 cm³/mol. The molecular weight excluding hydrogens is 356 g/mol. The molecular formula is C20H28N6O2. The largest absolute Gasteiger partial charge is 0.495 e. The Morgan fingerprint density at radius 2 is 2.00 bits per heavy atom. The maximum Gasteiger partial charge on any atom is 0.323 e. The van der Waals surface area contributed by atoms with Crippen LogP contribution >= 0.6 is 0 Å². The third-order valence-corrected chi connectivity index (χ3v) is 5.69. The molecule has 28 heavy (non-hydrogen) atoms. The smallest absolute Gasteiger partial charge is 0.323 e. The lowest BCUT2D eigenvalue weighted by Gasteiger charge is -2.35. The van der Waals surface area contributed by atoms with Crippen molar-refractivity contribution in [2.24, 2.45) is 5.92 Å². The quantitative estimate of drug-likeness (QED) is 0.858. The van der Waals surface area contributed by atoms with E-state index >= 15 is 0 Å². The second-order valence-electron chi connectivity index (χ2n) is 7.65. The Bertz CT molecular complexity index is 822. The Morgan fingerprint density at radius 3 is 2.61 bits per heavy atom. The number of aryl methyl sites for hydroxylation is 1. The topological polar surface area (TPSA) is 75.5 Å². The molecule has 2 fully saturated rings. The molecule has 8 heteroatoms. The summed E-state index contributed by atoms with van der Waals surface area (Å²) in [6, 6.07) is 6.11. The first-order chi connectivity index (χ1) is 13.5. The Morgan fingerprint density at radius 1 is 1.25 bits per heavy atom. The molecule has 0 spiro atoms. The summed E-state index contributed by atoms with van der Waals surface area (Å²) in [5, 5.41) is 7.57. The molecule has 1 saturated carbocycles. The fourth-order valence-corrected chi connectivity index (χ4v) is 3.75. The van der Waals surface area contributed by atoms with Crippen molar-refractivity contribution in [1.29, 1.82) is 0 Å². The highest BCUT2D eigenvalue weighted by atomic mass is 16.5. The number of hydrogen-bond acceptors (Lipinski definition) is 5. The first-order valence-corrected chi connectivity index (χ1v) is 9.92. The zero-order valence-electron chi connectivity index (χ0n) is 16.8. The lowest BCUT2D eigenvalue weighted by atomic mass is 10.2. The van der Waals surface area contributed by atoms with Gasteiger partial charge in [0.05, 0.1) is 19.3 Å². The van der Waals surface area contributed by atoms with E-state index in [0.717, 1.165) is 36.3 Å². The van der Waals surface area contributed by atoms with E-state index in [-0.39, 0.29) is 6.03 Å². The Labute approximate surface area is 165 Å². The maximum absolute atomic E-state index is 12.6. The Kier molecular flexibility index (Phi) is 5.11. The molecule has 3 heterocycles. The van der Waals surface area contributed by atoms with Crippen molar-refractivity contribution < 1.29 is 9.53 Å². The summed E-state index contributed by atoms with van der Waals surface area (Å²) >= 11 is 0. The van der Waals surface area contributed by atoms with Gasteiger partial charge >= 0.3 is 6.03 Å². The first kappa shape index (κ1) is 18.6. The third-order valence-electron chi connectivity index (χ3n) is 5.69. The third kappa shape index (κ3) is 3.90. The molecule has 1 saturated heterocycles. The fourth-order valence-electron chi connectivity index (χ4n) is 3.75. The highest BCUT2D eigenvalue weighted by Gasteiger charge is 2.31. The number of piperazine rings is 1. The normalized spacial score (nSPS) is 18.1. The fraction of sp³-hybridized carbons (Fsp3) is 0.550. The molecule has 0 radical (unpaired) electrons. The summed E-state index contributed by atoms with van der Waals surface area (Å²) in [6.07, 6.45) is 4.26. The Hall–Kier alpha value is -2.77. The van der Waals surface area contributed by atoms with Gasteiger partial charge in [0.15, 0.2) is 5.82 Å². The van der Waals surface area contributed by atoms with Crippen LogP contribution in [0.25, 0.3) is 0 Å². The van der Waals surface area contributed by atoms with Gasteiger partial charge in [-0.15, -0.1) is 0 Å². The van der Waals surface area contributed by atoms with Crippen LogP contribution in [0.1, 0.15) is 31.5 Å². The molecule has 2 aromatic rings. The molecule has 0 aromatic carbocycles. The van der Waals surface area contributed by atoms with Gasteiger partial charge in [-0.05, 0) is 44.7 Å². The van der Waals surface area contributed by atoms with Crippen molar-refractivity contribution in [3.63, 3.8) is 0 Å². The maximum atomic E-state index is 12.6. The zero-order chi connectivity index (χ0) is 19.7. The molecule has 0 bridgehead atoms. The lowest BCUT2D eigenvalue weighted by Crippen LogP contribution is -2.50. The van der Waals surface area contributed by atoms with Crippen molar-refractivity contribution in [3.8, 4) is 5.75 Å². The van der Waals surface area contributed by atoms with Crippen molar-refractivity contribution >= 4 is 17.7 Å². The van der Waals surface area contributed by atoms with Crippen LogP contribution in [-0.4, -0.2) is 59.0 Å². The SMILES string of the molecule is COc1ccc(N2CCN(C(=O)Nc3cc(C)n(C(C)C4CC4)n3)CC2)nc1. The van der Waals surface area contributed by atoms with E-state index in [4.69, 9.17) is 4.74 Å². The van der Waals surface area contributed by atoms with Crippen LogP contribution < -0.4 is 15.0 Å². The minimum absolute atomic E-state index is 0.0916. The van der Waals surface area contributed by atoms with Crippen molar-refractivity contribution in [1.82, 2.24) is 19.7 Å². The molecule has 8 nitrogen and oxygen atoms in total. The van der Waals surface area contributed by atoms with E-state index in [1.807, 2.05) is 34.7 Å². The van der Waals surface area contributed by atoms with Gasteiger partial charge in [-0.1, -0.05) is 0 Å². The van der Waals surface area contributed by atoms with Crippen LogP contribution in [0.4, 0.5) is 16.4 Å². The Balaban J connectivity index is 1.32. The zero-order valence-corrected chi connectivity index (χ0v) is 16.8. The van der Waals surface area contributed by atoms with Crippen LogP contribution in [-0.2, 0) is 0 Å². The number of rotatable bonds is 5. The molecule has 4 rings (SSSR count). The van der Waals surface area contributed by atoms with Crippen LogP contribution in [0.15, 0.2) is 24.4 Å². The highest BCUT2D eigenvalue weighted by Crippen LogP contribution is 2.39. The summed E-state index contributed by atoms with van der Waals surface area (Å²) in [4.78, 5) is 21.1. The molecule has 1 atom stereocenters. The number of methoxy groups -OCH3 is 1. The van der Waals surface area contributed by atoms with E-state index in [0.29, 0.717) is 24.9 Å². The minimum atomic E-state index is -0.0916. The second-order valence-corrected chi connectivity index (χ2v) is 7.65. The number of nitrogens with one attached hydrogen (secondary N) is 1. The van der Waals surface area contributed by atoms with Gasteiger partial charge in [0.25, 0.3) is 0 Å². The average molecular weight is 384 g/mol. The van der Waals surface area contributed by atoms with Gasteiger partial charge in [-0.25, -0.2) is 9.78 Å². The summed E-state index contributed by atoms with van der Waals surface area (Å²) in [5.41, 5.74) is 1.09. The van der Waals surface area contributed by atoms with E-state index in [2.05, 4.69) is 27.2 Å². The van der Waals surface area contributed by atoms with Crippen molar-refractivity contribution in [3.05, 3.63) is 30.1 Å². The molecule has 2 amide bonds. The van der Waals surface area contributed by atoms with Crippen LogP contribution in [0.3, 0.4) is 0 Å². The summed E-state index contributed by atoms with van der Waals surface area (Å²) in [7, 11) is 1.63. The monoisotopic (exact) mass is 384 g/mol. The van der Waals surface area contributed by atoms with Gasteiger partial charge in [0.2, 0.25) is 0 Å². The van der Waals surface area contributed by atoms with Crippen molar-refractivity contribution in [2.75, 3.05) is 43.5 Å². The van der Waals surface area contributed by atoms with Gasteiger partial charge in [-0.2, -0.15) is 5.10 Å². The average Bonchev–Trinajstić information content (AvgIpc) is 3.51. The van der Waals surface area contributed by atoms with Crippen molar-refractivity contribution in [2.45, 2.75) is 32.7 Å². The van der Waals surface area contributed by atoms with Crippen LogP contribution in [0, 0.1) is 12.8 Å². The minimum Gasteiger partial charge on any atom is -0.495 e. The number of amides is 2. The first-order valence-electron chi connectivity index (χ1n) is 9.92.